The van der Waals surface area contributed by atoms with Crippen molar-refractivity contribution in [2.24, 2.45) is 5.92 Å². The van der Waals surface area contributed by atoms with Crippen LogP contribution >= 0.6 is 0 Å². The van der Waals surface area contributed by atoms with Crippen molar-refractivity contribution in [3.05, 3.63) is 12.7 Å². The van der Waals surface area contributed by atoms with Gasteiger partial charge in [-0.25, -0.2) is 15.0 Å². The molecule has 2 aromatic heterocycles. The maximum atomic E-state index is 4.26. The zero-order valence-corrected chi connectivity index (χ0v) is 9.82. The molecule has 5 nitrogen and oxygen atoms in total. The first-order chi connectivity index (χ1) is 8.43. The summed E-state index contributed by atoms with van der Waals surface area (Å²) >= 11 is 0. The van der Waals surface area contributed by atoms with Crippen LogP contribution in [0.1, 0.15) is 32.1 Å². The summed E-state index contributed by atoms with van der Waals surface area (Å²) < 4.78 is 0. The highest BCUT2D eigenvalue weighted by molar-refractivity contribution is 5.81. The zero-order valence-electron chi connectivity index (χ0n) is 9.82. The summed E-state index contributed by atoms with van der Waals surface area (Å²) in [6, 6.07) is 0. The summed E-state index contributed by atoms with van der Waals surface area (Å²) in [5.74, 6) is 1.63. The Balaban J connectivity index is 1.69. The molecule has 17 heavy (non-hydrogen) atoms. The molecule has 1 fully saturated rings. The monoisotopic (exact) mass is 231 g/mol. The number of anilines is 1. The predicted molar refractivity (Wildman–Crippen MR) is 66.7 cm³/mol. The first kappa shape index (κ1) is 10.5. The first-order valence-electron chi connectivity index (χ1n) is 6.31. The predicted octanol–water partition coefficient (Wildman–Crippen LogP) is 2.35. The lowest BCUT2D eigenvalue weighted by atomic mass is 9.89. The van der Waals surface area contributed by atoms with Crippen LogP contribution in [-0.2, 0) is 0 Å². The molecule has 0 atom stereocenters. The lowest BCUT2D eigenvalue weighted by Gasteiger charge is -2.21. The van der Waals surface area contributed by atoms with Crippen molar-refractivity contribution in [3.63, 3.8) is 0 Å². The molecule has 1 saturated carbocycles. The maximum absolute atomic E-state index is 4.26. The largest absolute Gasteiger partial charge is 0.368 e. The molecule has 0 amide bonds. The minimum Gasteiger partial charge on any atom is -0.368 e. The Labute approximate surface area is 100 Å². The minimum absolute atomic E-state index is 0.785. The van der Waals surface area contributed by atoms with Gasteiger partial charge < -0.3 is 10.3 Å². The summed E-state index contributed by atoms with van der Waals surface area (Å²) in [5.41, 5.74) is 1.63. The Kier molecular flexibility index (Phi) is 2.90. The van der Waals surface area contributed by atoms with E-state index >= 15 is 0 Å². The molecular formula is C12H17N5. The van der Waals surface area contributed by atoms with Crippen LogP contribution in [0.3, 0.4) is 0 Å². The summed E-state index contributed by atoms with van der Waals surface area (Å²) in [6.07, 6.45) is 10.0. The molecule has 0 unspecified atom stereocenters. The minimum atomic E-state index is 0.785. The Hall–Kier alpha value is -1.65. The Morgan fingerprint density at radius 2 is 2.06 bits per heavy atom. The van der Waals surface area contributed by atoms with Gasteiger partial charge >= 0.3 is 0 Å². The van der Waals surface area contributed by atoms with Gasteiger partial charge in [-0.2, -0.15) is 0 Å². The molecule has 90 valence electrons. The molecule has 2 heterocycles. The molecule has 0 bridgehead atoms. The molecule has 0 aliphatic heterocycles. The standard InChI is InChI=1S/C12H17N5/c1-2-4-9(5-3-1)6-13-11-10-12(15-7-14-10)17-8-16-11/h7-9H,1-6H2,(H2,13,14,15,16,17). The van der Waals surface area contributed by atoms with Crippen molar-refractivity contribution in [2.75, 3.05) is 11.9 Å². The van der Waals surface area contributed by atoms with E-state index < -0.39 is 0 Å². The molecule has 1 aliphatic rings. The Morgan fingerprint density at radius 3 is 2.94 bits per heavy atom. The van der Waals surface area contributed by atoms with Crippen LogP contribution in [0, 0.1) is 5.92 Å². The van der Waals surface area contributed by atoms with E-state index in [1.54, 1.807) is 12.7 Å². The summed E-state index contributed by atoms with van der Waals surface area (Å²) in [5, 5.41) is 3.41. The molecule has 5 heteroatoms. The van der Waals surface area contributed by atoms with Gasteiger partial charge in [-0.1, -0.05) is 19.3 Å². The smallest absolute Gasteiger partial charge is 0.162 e. The van der Waals surface area contributed by atoms with E-state index in [0.717, 1.165) is 29.4 Å². The van der Waals surface area contributed by atoms with E-state index in [1.165, 1.54) is 32.1 Å². The SMILES string of the molecule is c1nc(NCC2CCCCC2)c2nc[nH]c2n1. The van der Waals surface area contributed by atoms with Gasteiger partial charge in [0, 0.05) is 6.54 Å². The highest BCUT2D eigenvalue weighted by atomic mass is 15.1. The number of fused-ring (bicyclic) bond motifs is 1. The number of aromatic amines is 1. The van der Waals surface area contributed by atoms with Crippen LogP contribution in [0.5, 0.6) is 0 Å². The van der Waals surface area contributed by atoms with Gasteiger partial charge in [0.25, 0.3) is 0 Å². The average Bonchev–Trinajstić information content (AvgIpc) is 2.86. The number of aromatic nitrogens is 4. The number of nitrogens with one attached hydrogen (secondary N) is 2. The Bertz CT molecular complexity index is 486. The van der Waals surface area contributed by atoms with E-state index in [9.17, 15) is 0 Å². The van der Waals surface area contributed by atoms with E-state index in [2.05, 4.69) is 25.3 Å². The van der Waals surface area contributed by atoms with Crippen molar-refractivity contribution in [1.29, 1.82) is 0 Å². The van der Waals surface area contributed by atoms with E-state index in [1.807, 2.05) is 0 Å². The summed E-state index contributed by atoms with van der Waals surface area (Å²) in [6.45, 7) is 0.999. The molecule has 2 N–H and O–H groups in total. The molecule has 0 aromatic carbocycles. The molecule has 0 spiro atoms. The van der Waals surface area contributed by atoms with Crippen LogP contribution in [0.15, 0.2) is 12.7 Å². The number of imidazole rings is 1. The van der Waals surface area contributed by atoms with E-state index in [0.29, 0.717) is 0 Å². The van der Waals surface area contributed by atoms with Crippen molar-refractivity contribution >= 4 is 17.0 Å². The third-order valence-corrected chi connectivity index (χ3v) is 3.50. The van der Waals surface area contributed by atoms with Crippen LogP contribution in [-0.4, -0.2) is 26.5 Å². The maximum Gasteiger partial charge on any atom is 0.162 e. The van der Waals surface area contributed by atoms with Crippen molar-refractivity contribution in [1.82, 2.24) is 19.9 Å². The van der Waals surface area contributed by atoms with Gasteiger partial charge in [0.1, 0.15) is 11.8 Å². The lowest BCUT2D eigenvalue weighted by molar-refractivity contribution is 0.373. The van der Waals surface area contributed by atoms with Gasteiger partial charge in [0.05, 0.1) is 6.33 Å². The fourth-order valence-electron chi connectivity index (χ4n) is 2.53. The second kappa shape index (κ2) is 4.69. The molecule has 3 rings (SSSR count). The van der Waals surface area contributed by atoms with Crippen LogP contribution in [0.25, 0.3) is 11.2 Å². The van der Waals surface area contributed by atoms with Crippen molar-refractivity contribution in [3.8, 4) is 0 Å². The van der Waals surface area contributed by atoms with Gasteiger partial charge in [-0.15, -0.1) is 0 Å². The van der Waals surface area contributed by atoms with Gasteiger partial charge in [-0.05, 0) is 18.8 Å². The molecule has 1 aliphatic carbocycles. The Morgan fingerprint density at radius 1 is 1.18 bits per heavy atom. The molecule has 0 radical (unpaired) electrons. The fraction of sp³-hybridized carbons (Fsp3) is 0.583. The third kappa shape index (κ3) is 2.23. The number of H-pyrrole nitrogens is 1. The number of nitrogens with zero attached hydrogens (tertiary/aromatic N) is 3. The van der Waals surface area contributed by atoms with Crippen molar-refractivity contribution in [2.45, 2.75) is 32.1 Å². The van der Waals surface area contributed by atoms with Gasteiger partial charge in [0.2, 0.25) is 0 Å². The first-order valence-corrected chi connectivity index (χ1v) is 6.31. The normalized spacial score (nSPS) is 17.4. The summed E-state index contributed by atoms with van der Waals surface area (Å²) in [4.78, 5) is 15.6. The highest BCUT2D eigenvalue weighted by Crippen LogP contribution is 2.24. The van der Waals surface area contributed by atoms with Crippen LogP contribution < -0.4 is 5.32 Å². The average molecular weight is 231 g/mol. The summed E-state index contributed by atoms with van der Waals surface area (Å²) in [7, 11) is 0. The fourth-order valence-corrected chi connectivity index (χ4v) is 2.53. The zero-order chi connectivity index (χ0) is 11.5. The van der Waals surface area contributed by atoms with Crippen LogP contribution in [0.4, 0.5) is 5.82 Å². The van der Waals surface area contributed by atoms with Crippen molar-refractivity contribution < 1.29 is 0 Å². The van der Waals surface area contributed by atoms with Crippen LogP contribution in [0.2, 0.25) is 0 Å². The highest BCUT2D eigenvalue weighted by Gasteiger charge is 2.14. The van der Waals surface area contributed by atoms with E-state index in [-0.39, 0.29) is 0 Å². The lowest BCUT2D eigenvalue weighted by Crippen LogP contribution is -2.17. The number of hydrogen-bond acceptors (Lipinski definition) is 4. The number of rotatable bonds is 3. The number of hydrogen-bond donors (Lipinski definition) is 2. The van der Waals surface area contributed by atoms with Gasteiger partial charge in [-0.3, -0.25) is 0 Å². The second-order valence-corrected chi connectivity index (χ2v) is 4.71. The topological polar surface area (TPSA) is 66.5 Å². The third-order valence-electron chi connectivity index (χ3n) is 3.50. The van der Waals surface area contributed by atoms with Gasteiger partial charge in [0.15, 0.2) is 11.5 Å². The molecule has 2 aromatic rings. The van der Waals surface area contributed by atoms with E-state index in [4.69, 9.17) is 0 Å². The molecular weight excluding hydrogens is 214 g/mol. The second-order valence-electron chi connectivity index (χ2n) is 4.71. The quantitative estimate of drug-likeness (QED) is 0.851. The molecule has 0 saturated heterocycles.